The van der Waals surface area contributed by atoms with Gasteiger partial charge in [0.25, 0.3) is 0 Å². The molecule has 0 amide bonds. The van der Waals surface area contributed by atoms with Crippen molar-refractivity contribution < 1.29 is 4.43 Å². The summed E-state index contributed by atoms with van der Waals surface area (Å²) >= 11 is 6.46. The maximum atomic E-state index is 6.46. The van der Waals surface area contributed by atoms with E-state index in [1.165, 1.54) is 0 Å². The van der Waals surface area contributed by atoms with Gasteiger partial charge in [-0.25, -0.2) is 0 Å². The van der Waals surface area contributed by atoms with Gasteiger partial charge < -0.3 is 4.43 Å². The van der Waals surface area contributed by atoms with Crippen molar-refractivity contribution in [3.8, 4) is 11.1 Å². The van der Waals surface area contributed by atoms with Gasteiger partial charge in [-0.2, -0.15) is 0 Å². The monoisotopic (exact) mass is 342 g/mol. The molecular weight excluding hydrogens is 319 g/mol. The fraction of sp³-hybridized carbons (Fsp3) is 0.368. The molecular formula is C19H24BClOSi. The molecule has 0 heterocycles. The molecule has 1 nitrogen and oxygen atoms in total. The van der Waals surface area contributed by atoms with E-state index in [0.29, 0.717) is 6.61 Å². The van der Waals surface area contributed by atoms with Gasteiger partial charge in [-0.15, -0.1) is 0 Å². The van der Waals surface area contributed by atoms with E-state index >= 15 is 0 Å². The minimum Gasteiger partial charge on any atom is -0.413 e. The van der Waals surface area contributed by atoms with Crippen LogP contribution in [0.3, 0.4) is 0 Å². The van der Waals surface area contributed by atoms with Gasteiger partial charge in [0, 0.05) is 5.02 Å². The second-order valence-corrected chi connectivity index (χ2v) is 12.7. The minimum atomic E-state index is -1.77. The Morgan fingerprint density at radius 1 is 1.00 bits per heavy atom. The summed E-state index contributed by atoms with van der Waals surface area (Å²) in [6.45, 7) is 11.8. The van der Waals surface area contributed by atoms with Crippen molar-refractivity contribution in [3.63, 3.8) is 0 Å². The van der Waals surface area contributed by atoms with E-state index in [0.717, 1.165) is 27.2 Å². The van der Waals surface area contributed by atoms with E-state index < -0.39 is 8.32 Å². The Kier molecular flexibility index (Phi) is 5.45. The lowest BCUT2D eigenvalue weighted by Gasteiger charge is -2.36. The Labute approximate surface area is 147 Å². The van der Waals surface area contributed by atoms with Crippen molar-refractivity contribution in [2.75, 3.05) is 0 Å². The third kappa shape index (κ3) is 4.50. The molecule has 0 unspecified atom stereocenters. The van der Waals surface area contributed by atoms with Crippen molar-refractivity contribution in [1.29, 1.82) is 0 Å². The zero-order valence-corrected chi connectivity index (χ0v) is 16.4. The normalized spacial score (nSPS) is 12.4. The summed E-state index contributed by atoms with van der Waals surface area (Å²) in [6.07, 6.45) is 0. The molecule has 0 aromatic heterocycles. The number of rotatable bonds is 4. The van der Waals surface area contributed by atoms with Crippen LogP contribution in [0.4, 0.5) is 0 Å². The van der Waals surface area contributed by atoms with Gasteiger partial charge in [0.05, 0.1) is 6.61 Å². The van der Waals surface area contributed by atoms with Crippen molar-refractivity contribution in [1.82, 2.24) is 0 Å². The predicted molar refractivity (Wildman–Crippen MR) is 104 cm³/mol. The summed E-state index contributed by atoms with van der Waals surface area (Å²) < 4.78 is 6.26. The highest BCUT2D eigenvalue weighted by Crippen LogP contribution is 2.37. The highest BCUT2D eigenvalue weighted by Gasteiger charge is 2.37. The standard InChI is InChI=1S/C19H24BClOSi/c1-19(2,3)23(4,5)22-13-16-7-6-15(12-18(16)21)14-8-10-17(20)11-9-14/h6-12H,13H2,1-5H3. The summed E-state index contributed by atoms with van der Waals surface area (Å²) in [4.78, 5) is 0. The first-order chi connectivity index (χ1) is 10.6. The first-order valence-corrected chi connectivity index (χ1v) is 11.2. The van der Waals surface area contributed by atoms with Crippen molar-refractivity contribution in [3.05, 3.63) is 53.1 Å². The molecule has 0 saturated heterocycles. The van der Waals surface area contributed by atoms with E-state index in [1.54, 1.807) is 0 Å². The molecule has 0 spiro atoms. The van der Waals surface area contributed by atoms with Gasteiger partial charge in [-0.1, -0.05) is 74.2 Å². The quantitative estimate of drug-likeness (QED) is 0.683. The van der Waals surface area contributed by atoms with Crippen molar-refractivity contribution >= 4 is 33.2 Å². The molecule has 0 fully saturated rings. The molecule has 0 N–H and O–H groups in total. The molecule has 2 rings (SSSR count). The minimum absolute atomic E-state index is 0.198. The molecule has 0 aliphatic heterocycles. The Hall–Kier alpha value is -1.03. The molecule has 2 aromatic carbocycles. The topological polar surface area (TPSA) is 9.23 Å². The number of benzene rings is 2. The van der Waals surface area contributed by atoms with E-state index in [2.05, 4.69) is 46.0 Å². The predicted octanol–water partition coefficient (Wildman–Crippen LogP) is 5.32. The lowest BCUT2D eigenvalue weighted by atomic mass is 9.93. The van der Waals surface area contributed by atoms with Crippen LogP contribution in [-0.4, -0.2) is 16.2 Å². The summed E-state index contributed by atoms with van der Waals surface area (Å²) in [7, 11) is 3.97. The van der Waals surface area contributed by atoms with Crippen molar-refractivity contribution in [2.45, 2.75) is 45.5 Å². The first kappa shape index (κ1) is 18.3. The van der Waals surface area contributed by atoms with Crippen LogP contribution in [0.25, 0.3) is 11.1 Å². The van der Waals surface area contributed by atoms with E-state index in [4.69, 9.17) is 23.9 Å². The fourth-order valence-electron chi connectivity index (χ4n) is 1.99. The molecule has 2 radical (unpaired) electrons. The van der Waals surface area contributed by atoms with Crippen LogP contribution >= 0.6 is 11.6 Å². The molecule has 120 valence electrons. The number of hydrogen-bond donors (Lipinski definition) is 0. The van der Waals surface area contributed by atoms with Gasteiger partial charge >= 0.3 is 0 Å². The molecule has 0 saturated carbocycles. The molecule has 4 heteroatoms. The van der Waals surface area contributed by atoms with E-state index in [1.807, 2.05) is 30.3 Å². The number of hydrogen-bond acceptors (Lipinski definition) is 1. The Morgan fingerprint density at radius 2 is 1.57 bits per heavy atom. The smallest absolute Gasteiger partial charge is 0.192 e. The lowest BCUT2D eigenvalue weighted by molar-refractivity contribution is 0.276. The highest BCUT2D eigenvalue weighted by molar-refractivity contribution is 6.74. The lowest BCUT2D eigenvalue weighted by Crippen LogP contribution is -2.40. The van der Waals surface area contributed by atoms with Crippen LogP contribution in [0.5, 0.6) is 0 Å². The summed E-state index contributed by atoms with van der Waals surface area (Å²) in [5.41, 5.74) is 4.00. The first-order valence-electron chi connectivity index (χ1n) is 7.88. The highest BCUT2D eigenvalue weighted by atomic mass is 35.5. The average Bonchev–Trinajstić information content (AvgIpc) is 2.45. The zero-order chi connectivity index (χ0) is 17.3. The van der Waals surface area contributed by atoms with Crippen molar-refractivity contribution in [2.24, 2.45) is 0 Å². The third-order valence-electron chi connectivity index (χ3n) is 4.69. The SMILES string of the molecule is [B]c1ccc(-c2ccc(CO[Si](C)(C)C(C)(C)C)c(Cl)c2)cc1. The maximum Gasteiger partial charge on any atom is 0.192 e. The summed E-state index contributed by atoms with van der Waals surface area (Å²) in [5, 5.41) is 0.946. The zero-order valence-electron chi connectivity index (χ0n) is 14.6. The average molecular weight is 343 g/mol. The van der Waals surface area contributed by atoms with Gasteiger partial charge in [0.1, 0.15) is 7.85 Å². The number of halogens is 1. The van der Waals surface area contributed by atoms with Crippen LogP contribution in [0.1, 0.15) is 26.3 Å². The van der Waals surface area contributed by atoms with E-state index in [-0.39, 0.29) is 5.04 Å². The third-order valence-corrected chi connectivity index (χ3v) is 9.52. The maximum absolute atomic E-state index is 6.46. The molecule has 0 aliphatic carbocycles. The Balaban J connectivity index is 2.15. The molecule has 2 aromatic rings. The van der Waals surface area contributed by atoms with Gasteiger partial charge in [-0.05, 0) is 40.9 Å². The fourth-order valence-corrected chi connectivity index (χ4v) is 3.18. The summed E-state index contributed by atoms with van der Waals surface area (Å²) in [6, 6.07) is 14.0. The van der Waals surface area contributed by atoms with E-state index in [9.17, 15) is 0 Å². The van der Waals surface area contributed by atoms with Crippen LogP contribution in [-0.2, 0) is 11.0 Å². The van der Waals surface area contributed by atoms with Gasteiger partial charge in [-0.3, -0.25) is 0 Å². The van der Waals surface area contributed by atoms with Crippen LogP contribution in [0, 0.1) is 0 Å². The Bertz CT molecular complexity index is 675. The van der Waals surface area contributed by atoms with Crippen LogP contribution < -0.4 is 5.46 Å². The van der Waals surface area contributed by atoms with Crippen LogP contribution in [0.2, 0.25) is 23.2 Å². The second-order valence-electron chi connectivity index (χ2n) is 7.48. The van der Waals surface area contributed by atoms with Crippen LogP contribution in [0.15, 0.2) is 42.5 Å². The molecule has 23 heavy (non-hydrogen) atoms. The summed E-state index contributed by atoms with van der Waals surface area (Å²) in [5.74, 6) is 0. The molecule has 0 aliphatic rings. The Morgan fingerprint density at radius 3 is 2.09 bits per heavy atom. The van der Waals surface area contributed by atoms with Gasteiger partial charge in [0.15, 0.2) is 8.32 Å². The molecule has 0 bridgehead atoms. The second kappa shape index (κ2) is 6.84. The largest absolute Gasteiger partial charge is 0.413 e. The van der Waals surface area contributed by atoms with Gasteiger partial charge in [0.2, 0.25) is 0 Å². The molecule has 0 atom stereocenters.